The molecule has 7 heteroatoms. The summed E-state index contributed by atoms with van der Waals surface area (Å²) in [6.45, 7) is 0. The molecule has 0 aliphatic heterocycles. The SMILES string of the molecule is O=[N+]([O-])c1ccc2nsnc2c1O. The molecular formula is C6H3N3O3S. The number of benzene rings is 1. The number of aromatic hydroxyl groups is 1. The fraction of sp³-hybridized carbons (Fsp3) is 0. The van der Waals surface area contributed by atoms with E-state index in [1.807, 2.05) is 0 Å². The van der Waals surface area contributed by atoms with Crippen LogP contribution in [0.2, 0.25) is 0 Å². The molecule has 2 rings (SSSR count). The monoisotopic (exact) mass is 197 g/mol. The summed E-state index contributed by atoms with van der Waals surface area (Å²) in [5, 5.41) is 19.8. The van der Waals surface area contributed by atoms with Crippen LogP contribution in [0.3, 0.4) is 0 Å². The van der Waals surface area contributed by atoms with Crippen LogP contribution < -0.4 is 0 Å². The van der Waals surface area contributed by atoms with Gasteiger partial charge in [-0.3, -0.25) is 10.1 Å². The van der Waals surface area contributed by atoms with Crippen LogP contribution in [-0.4, -0.2) is 18.8 Å². The van der Waals surface area contributed by atoms with Gasteiger partial charge >= 0.3 is 5.69 Å². The summed E-state index contributed by atoms with van der Waals surface area (Å²) in [5.41, 5.74) is 0.299. The van der Waals surface area contributed by atoms with Crippen LogP contribution in [-0.2, 0) is 0 Å². The van der Waals surface area contributed by atoms with Crippen molar-refractivity contribution in [3.05, 3.63) is 22.2 Å². The Labute approximate surface area is 75.9 Å². The van der Waals surface area contributed by atoms with Crippen LogP contribution in [0.1, 0.15) is 0 Å². The zero-order chi connectivity index (χ0) is 9.42. The van der Waals surface area contributed by atoms with Crippen LogP contribution in [0.15, 0.2) is 12.1 Å². The van der Waals surface area contributed by atoms with Crippen molar-refractivity contribution >= 4 is 28.4 Å². The number of hydrogen-bond donors (Lipinski definition) is 1. The number of fused-ring (bicyclic) bond motifs is 1. The van der Waals surface area contributed by atoms with Crippen molar-refractivity contribution in [3.8, 4) is 5.75 Å². The molecule has 1 aromatic carbocycles. The van der Waals surface area contributed by atoms with Crippen LogP contribution in [0.4, 0.5) is 5.69 Å². The Morgan fingerprint density at radius 2 is 2.23 bits per heavy atom. The highest BCUT2D eigenvalue weighted by molar-refractivity contribution is 7.00. The van der Waals surface area contributed by atoms with E-state index in [0.29, 0.717) is 5.52 Å². The van der Waals surface area contributed by atoms with Crippen molar-refractivity contribution in [2.45, 2.75) is 0 Å². The van der Waals surface area contributed by atoms with Crippen molar-refractivity contribution in [3.63, 3.8) is 0 Å². The van der Waals surface area contributed by atoms with Crippen molar-refractivity contribution in [2.24, 2.45) is 0 Å². The quantitative estimate of drug-likeness (QED) is 0.549. The van der Waals surface area contributed by atoms with Gasteiger partial charge in [0, 0.05) is 6.07 Å². The van der Waals surface area contributed by atoms with Gasteiger partial charge in [0.05, 0.1) is 16.7 Å². The van der Waals surface area contributed by atoms with Crippen LogP contribution in [0.5, 0.6) is 5.75 Å². The third-order valence-corrected chi connectivity index (χ3v) is 2.12. The minimum Gasteiger partial charge on any atom is -0.501 e. The predicted molar refractivity (Wildman–Crippen MR) is 45.7 cm³/mol. The third kappa shape index (κ3) is 1.09. The zero-order valence-electron chi connectivity index (χ0n) is 6.17. The summed E-state index contributed by atoms with van der Waals surface area (Å²) in [6, 6.07) is 2.66. The Morgan fingerprint density at radius 1 is 1.46 bits per heavy atom. The lowest BCUT2D eigenvalue weighted by Crippen LogP contribution is -1.88. The van der Waals surface area contributed by atoms with Gasteiger partial charge in [0.25, 0.3) is 0 Å². The first-order chi connectivity index (χ1) is 6.20. The molecule has 0 radical (unpaired) electrons. The van der Waals surface area contributed by atoms with Gasteiger partial charge in [-0.15, -0.1) is 0 Å². The van der Waals surface area contributed by atoms with Gasteiger partial charge in [0.15, 0.2) is 5.52 Å². The molecule has 0 aliphatic rings. The van der Waals surface area contributed by atoms with E-state index in [9.17, 15) is 15.2 Å². The van der Waals surface area contributed by atoms with Gasteiger partial charge in [0.1, 0.15) is 5.52 Å². The topological polar surface area (TPSA) is 89.2 Å². The van der Waals surface area contributed by atoms with Crippen molar-refractivity contribution in [1.82, 2.24) is 8.75 Å². The molecule has 0 unspecified atom stereocenters. The van der Waals surface area contributed by atoms with Crippen LogP contribution in [0, 0.1) is 10.1 Å². The molecule has 1 heterocycles. The number of nitro groups is 1. The van der Waals surface area contributed by atoms with Crippen molar-refractivity contribution < 1.29 is 10.0 Å². The molecule has 0 saturated heterocycles. The van der Waals surface area contributed by atoms with Gasteiger partial charge in [0.2, 0.25) is 5.75 Å². The molecule has 1 aromatic heterocycles. The Hall–Kier alpha value is -1.76. The van der Waals surface area contributed by atoms with E-state index in [0.717, 1.165) is 11.7 Å². The first-order valence-corrected chi connectivity index (χ1v) is 4.02. The number of nitrogens with zero attached hydrogens (tertiary/aromatic N) is 3. The molecule has 0 fully saturated rings. The summed E-state index contributed by atoms with van der Waals surface area (Å²) in [4.78, 5) is 9.73. The van der Waals surface area contributed by atoms with Gasteiger partial charge in [-0.2, -0.15) is 8.75 Å². The van der Waals surface area contributed by atoms with Crippen molar-refractivity contribution in [2.75, 3.05) is 0 Å². The lowest BCUT2D eigenvalue weighted by Gasteiger charge is -1.94. The molecule has 0 bridgehead atoms. The maximum absolute atomic E-state index is 10.4. The lowest BCUT2D eigenvalue weighted by atomic mass is 10.2. The van der Waals surface area contributed by atoms with Gasteiger partial charge < -0.3 is 5.11 Å². The van der Waals surface area contributed by atoms with Crippen molar-refractivity contribution in [1.29, 1.82) is 0 Å². The Kier molecular flexibility index (Phi) is 1.59. The Bertz CT molecular complexity index is 481. The molecule has 0 spiro atoms. The summed E-state index contributed by atoms with van der Waals surface area (Å²) >= 11 is 0.905. The molecule has 13 heavy (non-hydrogen) atoms. The van der Waals surface area contributed by atoms with E-state index in [2.05, 4.69) is 8.75 Å². The highest BCUT2D eigenvalue weighted by Gasteiger charge is 2.17. The number of phenols is 1. The van der Waals surface area contributed by atoms with Gasteiger partial charge in [-0.25, -0.2) is 0 Å². The van der Waals surface area contributed by atoms with E-state index in [1.165, 1.54) is 12.1 Å². The van der Waals surface area contributed by atoms with Crippen LogP contribution in [0.25, 0.3) is 11.0 Å². The highest BCUT2D eigenvalue weighted by Crippen LogP contribution is 2.32. The number of nitro benzene ring substituents is 1. The summed E-state index contributed by atoms with van der Waals surface area (Å²) in [7, 11) is 0. The minimum atomic E-state index is -0.659. The fourth-order valence-corrected chi connectivity index (χ4v) is 1.51. The second kappa shape index (κ2) is 2.63. The predicted octanol–water partition coefficient (Wildman–Crippen LogP) is 1.31. The zero-order valence-corrected chi connectivity index (χ0v) is 6.98. The molecule has 6 nitrogen and oxygen atoms in total. The molecule has 0 aliphatic carbocycles. The van der Waals surface area contributed by atoms with E-state index in [1.54, 1.807) is 0 Å². The number of hydrogen-bond acceptors (Lipinski definition) is 6. The second-order valence-electron chi connectivity index (χ2n) is 2.32. The lowest BCUT2D eigenvalue weighted by molar-refractivity contribution is -0.385. The van der Waals surface area contributed by atoms with Crippen LogP contribution >= 0.6 is 11.7 Å². The Balaban J connectivity index is 2.80. The first-order valence-electron chi connectivity index (χ1n) is 3.29. The van der Waals surface area contributed by atoms with E-state index < -0.39 is 10.7 Å². The summed E-state index contributed by atoms with van der Waals surface area (Å²) in [5.74, 6) is -0.420. The molecular weight excluding hydrogens is 194 g/mol. The van der Waals surface area contributed by atoms with E-state index in [-0.39, 0.29) is 11.2 Å². The number of aromatic nitrogens is 2. The van der Waals surface area contributed by atoms with E-state index in [4.69, 9.17) is 0 Å². The van der Waals surface area contributed by atoms with Gasteiger partial charge in [-0.1, -0.05) is 0 Å². The molecule has 1 N–H and O–H groups in total. The highest BCUT2D eigenvalue weighted by atomic mass is 32.1. The van der Waals surface area contributed by atoms with E-state index >= 15 is 0 Å². The van der Waals surface area contributed by atoms with Gasteiger partial charge in [-0.05, 0) is 6.07 Å². The molecule has 2 aromatic rings. The first kappa shape index (κ1) is 7.87. The molecule has 66 valence electrons. The summed E-state index contributed by atoms with van der Waals surface area (Å²) < 4.78 is 7.57. The molecule has 0 amide bonds. The number of rotatable bonds is 1. The maximum atomic E-state index is 10.4. The molecule has 0 atom stereocenters. The standard InChI is InChI=1S/C6H3N3O3S/c10-6-4(9(11)12)2-1-3-5(6)8-13-7-3/h1-2,10H. The smallest absolute Gasteiger partial charge is 0.313 e. The maximum Gasteiger partial charge on any atom is 0.313 e. The average Bonchev–Trinajstić information content (AvgIpc) is 2.52. The Morgan fingerprint density at radius 3 is 2.92 bits per heavy atom. The summed E-state index contributed by atoms with van der Waals surface area (Å²) in [6.07, 6.45) is 0. The minimum absolute atomic E-state index is 0.180. The third-order valence-electron chi connectivity index (χ3n) is 1.58. The molecule has 0 saturated carbocycles. The normalized spacial score (nSPS) is 10.5. The fourth-order valence-electron chi connectivity index (χ4n) is 0.975. The number of phenolic OH excluding ortho intramolecular Hbond substituents is 1. The second-order valence-corrected chi connectivity index (χ2v) is 2.85. The average molecular weight is 197 g/mol. The largest absolute Gasteiger partial charge is 0.501 e.